The van der Waals surface area contributed by atoms with Crippen LogP contribution in [0.3, 0.4) is 0 Å². The van der Waals surface area contributed by atoms with E-state index >= 15 is 0 Å². The minimum absolute atomic E-state index is 1.04. The SMILES string of the molecule is OC1N=NN=N1. The average molecular weight is 86.1 g/mol. The molecule has 0 aliphatic carbocycles. The third kappa shape index (κ3) is 0.389. The number of aliphatic hydroxyl groups excluding tert-OH is 1. The van der Waals surface area contributed by atoms with Gasteiger partial charge >= 0.3 is 0 Å². The van der Waals surface area contributed by atoms with E-state index in [4.69, 9.17) is 5.11 Å². The van der Waals surface area contributed by atoms with Crippen LogP contribution in [0, 0.1) is 0 Å². The van der Waals surface area contributed by atoms with Gasteiger partial charge in [-0.2, -0.15) is 0 Å². The quantitative estimate of drug-likeness (QED) is 0.446. The highest BCUT2D eigenvalue weighted by atomic mass is 16.3. The summed E-state index contributed by atoms with van der Waals surface area (Å²) in [6.45, 7) is 0. The van der Waals surface area contributed by atoms with Gasteiger partial charge in [-0.05, 0) is 10.4 Å². The lowest BCUT2D eigenvalue weighted by atomic mass is 11.1. The molecule has 0 atom stereocenters. The molecule has 0 amide bonds. The molecule has 1 aliphatic rings. The molecule has 0 fully saturated rings. The van der Waals surface area contributed by atoms with E-state index in [1.54, 1.807) is 0 Å². The molecule has 0 saturated heterocycles. The maximum Gasteiger partial charge on any atom is 0.284 e. The first-order valence-corrected chi connectivity index (χ1v) is 1.37. The maximum atomic E-state index is 8.21. The van der Waals surface area contributed by atoms with Crippen LogP contribution >= 0.6 is 0 Å². The van der Waals surface area contributed by atoms with E-state index in [0.29, 0.717) is 0 Å². The summed E-state index contributed by atoms with van der Waals surface area (Å²) < 4.78 is 0. The van der Waals surface area contributed by atoms with Crippen molar-refractivity contribution in [2.24, 2.45) is 20.7 Å². The zero-order valence-corrected chi connectivity index (χ0v) is 2.81. The van der Waals surface area contributed by atoms with E-state index < -0.39 is 6.35 Å². The topological polar surface area (TPSA) is 69.7 Å². The van der Waals surface area contributed by atoms with Crippen LogP contribution in [0.1, 0.15) is 0 Å². The van der Waals surface area contributed by atoms with Gasteiger partial charge in [0, 0.05) is 0 Å². The minimum atomic E-state index is -1.04. The summed E-state index contributed by atoms with van der Waals surface area (Å²) in [4.78, 5) is 0. The van der Waals surface area contributed by atoms with Crippen LogP contribution < -0.4 is 0 Å². The van der Waals surface area contributed by atoms with E-state index in [1.165, 1.54) is 0 Å². The Labute approximate surface area is 33.4 Å². The van der Waals surface area contributed by atoms with Gasteiger partial charge in [0.15, 0.2) is 0 Å². The second-order valence-electron chi connectivity index (χ2n) is 0.756. The summed E-state index contributed by atoms with van der Waals surface area (Å²) in [5, 5.41) is 20.4. The molecule has 1 N–H and O–H groups in total. The van der Waals surface area contributed by atoms with Crippen molar-refractivity contribution in [3.05, 3.63) is 0 Å². The van der Waals surface area contributed by atoms with Crippen molar-refractivity contribution in [1.29, 1.82) is 0 Å². The molecule has 1 heterocycles. The van der Waals surface area contributed by atoms with Crippen molar-refractivity contribution in [2.45, 2.75) is 6.35 Å². The van der Waals surface area contributed by atoms with Crippen molar-refractivity contribution < 1.29 is 5.11 Å². The Morgan fingerprint density at radius 1 is 1.17 bits per heavy atom. The maximum absolute atomic E-state index is 8.21. The first-order valence-electron chi connectivity index (χ1n) is 1.37. The summed E-state index contributed by atoms with van der Waals surface area (Å²) in [5.74, 6) is 0. The highest BCUT2D eigenvalue weighted by Gasteiger charge is 1.98. The van der Waals surface area contributed by atoms with Crippen LogP contribution in [0.2, 0.25) is 0 Å². The molecule has 1 aliphatic heterocycles. The second kappa shape index (κ2) is 1.09. The van der Waals surface area contributed by atoms with Crippen molar-refractivity contribution >= 4 is 0 Å². The molecule has 0 spiro atoms. The van der Waals surface area contributed by atoms with Crippen LogP contribution in [0.4, 0.5) is 0 Å². The van der Waals surface area contributed by atoms with E-state index in [0.717, 1.165) is 0 Å². The van der Waals surface area contributed by atoms with Gasteiger partial charge in [-0.3, -0.25) is 0 Å². The molecular weight excluding hydrogens is 84.0 g/mol. The Morgan fingerprint density at radius 3 is 1.83 bits per heavy atom. The zero-order chi connectivity index (χ0) is 4.41. The summed E-state index contributed by atoms with van der Waals surface area (Å²) in [7, 11) is 0. The number of aliphatic hydroxyl groups is 1. The largest absolute Gasteiger partial charge is 0.351 e. The van der Waals surface area contributed by atoms with Crippen LogP contribution in [0.5, 0.6) is 0 Å². The Hall–Kier alpha value is -0.840. The standard InChI is InChI=1S/CH2N4O/c6-1-2-4-5-3-1/h1,6H. The van der Waals surface area contributed by atoms with Gasteiger partial charge in [0.2, 0.25) is 0 Å². The summed E-state index contributed by atoms with van der Waals surface area (Å²) in [6.07, 6.45) is -1.04. The molecule has 32 valence electrons. The van der Waals surface area contributed by atoms with Crippen LogP contribution in [-0.4, -0.2) is 11.5 Å². The number of rotatable bonds is 0. The lowest BCUT2D eigenvalue weighted by molar-refractivity contribution is 0.192. The molecule has 0 saturated carbocycles. The van der Waals surface area contributed by atoms with E-state index in [-0.39, 0.29) is 0 Å². The highest BCUT2D eigenvalue weighted by Crippen LogP contribution is 1.97. The molecule has 0 aromatic heterocycles. The lowest BCUT2D eigenvalue weighted by Gasteiger charge is -1.77. The zero-order valence-electron chi connectivity index (χ0n) is 2.81. The Kier molecular flexibility index (Phi) is 0.612. The summed E-state index contributed by atoms with van der Waals surface area (Å²) >= 11 is 0. The number of hydrogen-bond acceptors (Lipinski definition) is 5. The minimum Gasteiger partial charge on any atom is -0.351 e. The first kappa shape index (κ1) is 3.35. The second-order valence-corrected chi connectivity index (χ2v) is 0.756. The molecule has 5 nitrogen and oxygen atoms in total. The molecule has 1 rings (SSSR count). The van der Waals surface area contributed by atoms with Crippen molar-refractivity contribution in [2.75, 3.05) is 0 Å². The third-order valence-electron chi connectivity index (χ3n) is 0.350. The van der Waals surface area contributed by atoms with Gasteiger partial charge in [0.1, 0.15) is 0 Å². The molecule has 0 bridgehead atoms. The van der Waals surface area contributed by atoms with Gasteiger partial charge in [-0.25, -0.2) is 0 Å². The van der Waals surface area contributed by atoms with E-state index in [1.807, 2.05) is 0 Å². The predicted molar refractivity (Wildman–Crippen MR) is 15.7 cm³/mol. The summed E-state index contributed by atoms with van der Waals surface area (Å²) in [5.41, 5.74) is 0. The van der Waals surface area contributed by atoms with Gasteiger partial charge in [-0.15, -0.1) is 10.2 Å². The third-order valence-corrected chi connectivity index (χ3v) is 0.350. The van der Waals surface area contributed by atoms with Crippen LogP contribution in [0.15, 0.2) is 20.7 Å². The normalized spacial score (nSPS) is 20.2. The van der Waals surface area contributed by atoms with E-state index in [2.05, 4.69) is 20.7 Å². The Bertz CT molecular complexity index is 83.7. The fraction of sp³-hybridized carbons (Fsp3) is 1.00. The molecule has 0 aromatic carbocycles. The monoisotopic (exact) mass is 86.0 g/mol. The summed E-state index contributed by atoms with van der Waals surface area (Å²) in [6, 6.07) is 0. The van der Waals surface area contributed by atoms with Gasteiger partial charge in [0.05, 0.1) is 0 Å². The molecule has 5 heteroatoms. The average Bonchev–Trinajstić information content (AvgIpc) is 1.86. The fourth-order valence-corrected chi connectivity index (χ4v) is 0.162. The van der Waals surface area contributed by atoms with E-state index in [9.17, 15) is 0 Å². The molecular formula is CH2N4O. The first-order chi connectivity index (χ1) is 2.89. The highest BCUT2D eigenvalue weighted by molar-refractivity contribution is 4.40. The fourth-order valence-electron chi connectivity index (χ4n) is 0.162. The Balaban J connectivity index is 2.60. The van der Waals surface area contributed by atoms with Gasteiger partial charge in [-0.1, -0.05) is 0 Å². The molecule has 0 radical (unpaired) electrons. The van der Waals surface area contributed by atoms with Crippen molar-refractivity contribution in [3.63, 3.8) is 0 Å². The predicted octanol–water partition coefficient (Wildman–Crippen LogP) is 0.0953. The number of hydrogen-bond donors (Lipinski definition) is 1. The van der Waals surface area contributed by atoms with Crippen LogP contribution in [0.25, 0.3) is 0 Å². The molecule has 0 aromatic rings. The van der Waals surface area contributed by atoms with Gasteiger partial charge in [0.25, 0.3) is 6.35 Å². The smallest absolute Gasteiger partial charge is 0.284 e. The van der Waals surface area contributed by atoms with Crippen molar-refractivity contribution in [1.82, 2.24) is 0 Å². The number of nitrogens with zero attached hydrogens (tertiary/aromatic N) is 4. The Morgan fingerprint density at radius 2 is 1.67 bits per heavy atom. The lowest BCUT2D eigenvalue weighted by Crippen LogP contribution is -1.88. The molecule has 0 unspecified atom stereocenters. The van der Waals surface area contributed by atoms with Crippen LogP contribution in [-0.2, 0) is 0 Å². The molecule has 6 heavy (non-hydrogen) atoms. The van der Waals surface area contributed by atoms with Gasteiger partial charge < -0.3 is 5.11 Å². The van der Waals surface area contributed by atoms with Crippen molar-refractivity contribution in [3.8, 4) is 0 Å².